The quantitative estimate of drug-likeness (QED) is 0.302. The lowest BCUT2D eigenvalue weighted by molar-refractivity contribution is -0.418. The summed E-state index contributed by atoms with van der Waals surface area (Å²) in [7, 11) is 0. The summed E-state index contributed by atoms with van der Waals surface area (Å²) in [5.74, 6) is 3.43. The number of hydrogen-bond donors (Lipinski definition) is 4. The monoisotopic (exact) mass is 200 g/mol. The van der Waals surface area contributed by atoms with E-state index >= 15 is 0 Å². The van der Waals surface area contributed by atoms with E-state index in [1.807, 2.05) is 24.3 Å². The molecule has 5 heteroatoms. The molecule has 0 aliphatic heterocycles. The Bertz CT molecular complexity index is 288. The summed E-state index contributed by atoms with van der Waals surface area (Å²) in [4.78, 5) is 0.857. The smallest absolute Gasteiger partial charge is 0.217 e. The highest BCUT2D eigenvalue weighted by Gasteiger charge is 1.98. The van der Waals surface area contributed by atoms with Gasteiger partial charge in [-0.25, -0.2) is 5.43 Å². The van der Waals surface area contributed by atoms with Crippen LogP contribution in [0.1, 0.15) is 0 Å². The predicted octanol–water partition coefficient (Wildman–Crippen LogP) is 0.419. The third-order valence-electron chi connectivity index (χ3n) is 1.31. The van der Waals surface area contributed by atoms with Crippen molar-refractivity contribution in [3.05, 3.63) is 24.3 Å². The number of anilines is 1. The molecule has 12 heavy (non-hydrogen) atoms. The van der Waals surface area contributed by atoms with Crippen LogP contribution in [0.2, 0.25) is 0 Å². The van der Waals surface area contributed by atoms with Crippen LogP contribution in [0.25, 0.3) is 0 Å². The maximum absolute atomic E-state index is 4.88. The molecule has 0 unspecified atom stereocenters. The minimum atomic E-state index is 0.483. The Morgan fingerprint density at radius 2 is 2.08 bits per heavy atom. The van der Waals surface area contributed by atoms with Gasteiger partial charge in [0.15, 0.2) is 0 Å². The Morgan fingerprint density at radius 3 is 2.67 bits per heavy atom. The van der Waals surface area contributed by atoms with E-state index in [4.69, 9.17) is 12.2 Å². The number of quaternary nitrogens is 1. The standard InChI is InChI=1S/C7H9N3S2/c8-10-7(12)9-5-3-1-2-4-6(5)11/h1-4,11H,8H2,(H2,9,10,12)/p+1. The van der Waals surface area contributed by atoms with Crippen LogP contribution >= 0.6 is 24.8 Å². The maximum Gasteiger partial charge on any atom is 0.217 e. The molecule has 0 aromatic heterocycles. The van der Waals surface area contributed by atoms with E-state index in [1.165, 1.54) is 0 Å². The van der Waals surface area contributed by atoms with Crippen molar-refractivity contribution >= 4 is 35.6 Å². The normalized spacial score (nSPS) is 9.17. The highest BCUT2D eigenvalue weighted by atomic mass is 32.1. The first kappa shape index (κ1) is 9.31. The molecular weight excluding hydrogens is 190 g/mol. The molecule has 1 rings (SSSR count). The van der Waals surface area contributed by atoms with E-state index in [1.54, 1.807) is 0 Å². The number of rotatable bonds is 1. The number of thiol groups is 1. The van der Waals surface area contributed by atoms with E-state index in [-0.39, 0.29) is 0 Å². The van der Waals surface area contributed by atoms with Gasteiger partial charge in [0.2, 0.25) is 5.11 Å². The van der Waals surface area contributed by atoms with Crippen molar-refractivity contribution < 1.29 is 5.84 Å². The number of para-hydroxylation sites is 1. The van der Waals surface area contributed by atoms with E-state index < -0.39 is 0 Å². The highest BCUT2D eigenvalue weighted by Crippen LogP contribution is 2.17. The van der Waals surface area contributed by atoms with Crippen LogP contribution in [-0.4, -0.2) is 5.11 Å². The Hall–Kier alpha value is -0.780. The minimum Gasteiger partial charge on any atom is -0.328 e. The number of benzene rings is 1. The zero-order valence-corrected chi connectivity index (χ0v) is 8.08. The van der Waals surface area contributed by atoms with Crippen LogP contribution in [0.4, 0.5) is 5.69 Å². The van der Waals surface area contributed by atoms with Gasteiger partial charge in [-0.05, 0) is 24.4 Å². The van der Waals surface area contributed by atoms with Crippen molar-refractivity contribution in [2.45, 2.75) is 4.90 Å². The average molecular weight is 200 g/mol. The predicted molar refractivity (Wildman–Crippen MR) is 55.9 cm³/mol. The van der Waals surface area contributed by atoms with Gasteiger partial charge in [-0.1, -0.05) is 12.1 Å². The van der Waals surface area contributed by atoms with Gasteiger partial charge in [0.25, 0.3) is 0 Å². The summed E-state index contributed by atoms with van der Waals surface area (Å²) >= 11 is 9.12. The Balaban J connectivity index is 2.75. The fraction of sp³-hybridized carbons (Fsp3) is 0. The second-order valence-corrected chi connectivity index (χ2v) is 3.04. The summed E-state index contributed by atoms with van der Waals surface area (Å²) in [6.07, 6.45) is 0. The Kier molecular flexibility index (Phi) is 3.33. The average Bonchev–Trinajstić information content (AvgIpc) is 2.09. The molecule has 3 nitrogen and oxygen atoms in total. The van der Waals surface area contributed by atoms with Crippen LogP contribution in [0.3, 0.4) is 0 Å². The number of thiocarbonyl (C=S) groups is 1. The largest absolute Gasteiger partial charge is 0.328 e. The molecule has 0 saturated carbocycles. The molecule has 0 fully saturated rings. The van der Waals surface area contributed by atoms with Crippen molar-refractivity contribution in [1.82, 2.24) is 5.43 Å². The van der Waals surface area contributed by atoms with Crippen LogP contribution in [0.15, 0.2) is 29.2 Å². The molecule has 0 amide bonds. The second-order valence-electron chi connectivity index (χ2n) is 2.15. The lowest BCUT2D eigenvalue weighted by atomic mass is 10.3. The lowest BCUT2D eigenvalue weighted by Gasteiger charge is -2.06. The van der Waals surface area contributed by atoms with Crippen molar-refractivity contribution in [3.8, 4) is 0 Å². The van der Waals surface area contributed by atoms with Gasteiger partial charge in [-0.3, -0.25) is 5.84 Å². The summed E-state index contributed by atoms with van der Waals surface area (Å²) in [6.45, 7) is 0. The fourth-order valence-corrected chi connectivity index (χ4v) is 1.07. The topological polar surface area (TPSA) is 51.7 Å². The summed E-state index contributed by atoms with van der Waals surface area (Å²) in [5, 5.41) is 3.42. The molecule has 1 aromatic rings. The zero-order chi connectivity index (χ0) is 8.97. The SMILES string of the molecule is [NH3+]NC(=S)Nc1ccccc1S. The second kappa shape index (κ2) is 4.30. The summed E-state index contributed by atoms with van der Waals surface area (Å²) in [5.41, 5.74) is 3.45. The van der Waals surface area contributed by atoms with Crippen LogP contribution in [0.5, 0.6) is 0 Å². The number of nitrogens with one attached hydrogen (secondary N) is 2. The molecule has 0 aliphatic carbocycles. The molecule has 0 atom stereocenters. The Morgan fingerprint density at radius 1 is 1.42 bits per heavy atom. The van der Waals surface area contributed by atoms with E-state index in [0.29, 0.717) is 5.11 Å². The molecule has 64 valence electrons. The van der Waals surface area contributed by atoms with Gasteiger partial charge in [-0.15, -0.1) is 12.6 Å². The maximum atomic E-state index is 4.88. The van der Waals surface area contributed by atoms with Crippen LogP contribution < -0.4 is 16.6 Å². The van der Waals surface area contributed by atoms with Gasteiger partial charge >= 0.3 is 0 Å². The highest BCUT2D eigenvalue weighted by molar-refractivity contribution is 7.81. The van der Waals surface area contributed by atoms with Gasteiger partial charge in [0.1, 0.15) is 0 Å². The van der Waals surface area contributed by atoms with E-state index in [0.717, 1.165) is 10.6 Å². The van der Waals surface area contributed by atoms with Crippen LogP contribution in [-0.2, 0) is 0 Å². The van der Waals surface area contributed by atoms with Gasteiger partial charge in [0.05, 0.1) is 5.69 Å². The third kappa shape index (κ3) is 2.37. The van der Waals surface area contributed by atoms with Gasteiger partial charge in [-0.2, -0.15) is 0 Å². The van der Waals surface area contributed by atoms with Crippen molar-refractivity contribution in [1.29, 1.82) is 0 Å². The van der Waals surface area contributed by atoms with Crippen molar-refractivity contribution in [2.24, 2.45) is 0 Å². The molecule has 1 aromatic carbocycles. The van der Waals surface area contributed by atoms with E-state index in [9.17, 15) is 0 Å². The van der Waals surface area contributed by atoms with E-state index in [2.05, 4.69) is 29.2 Å². The van der Waals surface area contributed by atoms with Crippen LogP contribution in [0, 0.1) is 0 Å². The molecule has 0 radical (unpaired) electrons. The lowest BCUT2D eigenvalue weighted by Crippen LogP contribution is -2.68. The summed E-state index contributed by atoms with van der Waals surface area (Å²) in [6, 6.07) is 7.60. The molecule has 0 heterocycles. The zero-order valence-electron chi connectivity index (χ0n) is 6.37. The first-order valence-corrected chi connectivity index (χ1v) is 4.21. The molecule has 0 aliphatic rings. The first-order chi connectivity index (χ1) is 5.74. The first-order valence-electron chi connectivity index (χ1n) is 3.36. The van der Waals surface area contributed by atoms with Gasteiger partial charge < -0.3 is 5.32 Å². The molecule has 0 bridgehead atoms. The summed E-state index contributed by atoms with van der Waals surface area (Å²) < 4.78 is 0. The third-order valence-corrected chi connectivity index (χ3v) is 1.95. The molecular formula is C7H10N3S2+. The van der Waals surface area contributed by atoms with Crippen molar-refractivity contribution in [2.75, 3.05) is 5.32 Å². The Labute approximate surface area is 81.7 Å². The number of hydrogen-bond acceptors (Lipinski definition) is 2. The van der Waals surface area contributed by atoms with Gasteiger partial charge in [0, 0.05) is 4.90 Å². The molecule has 0 spiro atoms. The minimum absolute atomic E-state index is 0.483. The fourth-order valence-electron chi connectivity index (χ4n) is 0.746. The molecule has 0 saturated heterocycles. The van der Waals surface area contributed by atoms with Crippen molar-refractivity contribution in [3.63, 3.8) is 0 Å². The molecule has 5 N–H and O–H groups in total.